The fraction of sp³-hybridized carbons (Fsp3) is 0.348. The molecular formula is C23H22O3. The summed E-state index contributed by atoms with van der Waals surface area (Å²) in [6, 6.07) is 7.84. The van der Waals surface area contributed by atoms with E-state index in [2.05, 4.69) is 47.4 Å². The van der Waals surface area contributed by atoms with E-state index >= 15 is 0 Å². The molecule has 0 unspecified atom stereocenters. The van der Waals surface area contributed by atoms with Crippen LogP contribution in [0.5, 0.6) is 5.75 Å². The minimum atomic E-state index is -0.784. The number of rotatable bonds is 5. The minimum absolute atomic E-state index is 0.164. The largest absolute Gasteiger partial charge is 0.481 e. The predicted octanol–water partition coefficient (Wildman–Crippen LogP) is 3.81. The highest BCUT2D eigenvalue weighted by atomic mass is 16.5. The van der Waals surface area contributed by atoms with Crippen molar-refractivity contribution in [1.82, 2.24) is 0 Å². The van der Waals surface area contributed by atoms with Gasteiger partial charge < -0.3 is 9.84 Å². The van der Waals surface area contributed by atoms with Gasteiger partial charge in [0.2, 0.25) is 0 Å². The average Bonchev–Trinajstić information content (AvgIpc) is 2.62. The zero-order valence-electron chi connectivity index (χ0n) is 15.0. The van der Waals surface area contributed by atoms with Gasteiger partial charge in [0.15, 0.2) is 0 Å². The first-order valence-corrected chi connectivity index (χ1v) is 8.43. The first-order valence-electron chi connectivity index (χ1n) is 8.43. The predicted molar refractivity (Wildman–Crippen MR) is 103 cm³/mol. The molecular weight excluding hydrogens is 324 g/mol. The Morgan fingerprint density at radius 1 is 0.923 bits per heavy atom. The molecule has 3 nitrogen and oxygen atoms in total. The summed E-state index contributed by atoms with van der Waals surface area (Å²) in [5.41, 5.74) is 1.10. The molecule has 0 saturated carbocycles. The van der Waals surface area contributed by atoms with Gasteiger partial charge in [-0.25, -0.2) is 0 Å². The Balaban J connectivity index is 2.10. The molecule has 0 amide bonds. The molecule has 1 aromatic rings. The highest BCUT2D eigenvalue weighted by Gasteiger charge is 1.94. The number of ether oxygens (including phenoxy) is 1. The monoisotopic (exact) mass is 346 g/mol. The highest BCUT2D eigenvalue weighted by Crippen LogP contribution is 2.15. The van der Waals surface area contributed by atoms with E-state index in [0.717, 1.165) is 11.3 Å². The van der Waals surface area contributed by atoms with Crippen molar-refractivity contribution in [2.45, 2.75) is 45.4 Å². The number of hydrogen-bond donors (Lipinski definition) is 1. The Hall–Kier alpha value is -3.27. The Kier molecular flexibility index (Phi) is 11.3. The molecule has 26 heavy (non-hydrogen) atoms. The van der Waals surface area contributed by atoms with Gasteiger partial charge in [-0.1, -0.05) is 59.6 Å². The maximum Gasteiger partial charge on any atom is 0.303 e. The number of unbranched alkanes of at least 4 members (excludes halogenated alkanes) is 1. The van der Waals surface area contributed by atoms with Gasteiger partial charge in [-0.2, -0.15) is 0 Å². The van der Waals surface area contributed by atoms with E-state index in [0.29, 0.717) is 38.7 Å². The molecule has 1 aromatic carbocycles. The van der Waals surface area contributed by atoms with E-state index in [1.54, 1.807) is 0 Å². The number of para-hydroxylation sites is 1. The second kappa shape index (κ2) is 14.1. The van der Waals surface area contributed by atoms with Gasteiger partial charge in [0.05, 0.1) is 19.3 Å². The lowest BCUT2D eigenvalue weighted by molar-refractivity contribution is -0.137. The van der Waals surface area contributed by atoms with E-state index in [-0.39, 0.29) is 6.42 Å². The molecule has 0 radical (unpaired) electrons. The smallest absolute Gasteiger partial charge is 0.303 e. The van der Waals surface area contributed by atoms with Crippen molar-refractivity contribution in [1.29, 1.82) is 0 Å². The van der Waals surface area contributed by atoms with Crippen LogP contribution in [0, 0.1) is 54.3 Å². The van der Waals surface area contributed by atoms with Gasteiger partial charge in [-0.05, 0) is 25.0 Å². The van der Waals surface area contributed by atoms with Crippen molar-refractivity contribution in [2.75, 3.05) is 6.61 Å². The van der Waals surface area contributed by atoms with Gasteiger partial charge in [0.25, 0.3) is 0 Å². The molecule has 132 valence electrons. The molecule has 0 spiro atoms. The quantitative estimate of drug-likeness (QED) is 0.651. The van der Waals surface area contributed by atoms with Crippen molar-refractivity contribution in [3.63, 3.8) is 0 Å². The summed E-state index contributed by atoms with van der Waals surface area (Å²) in [5.74, 6) is 23.5. The van der Waals surface area contributed by atoms with Gasteiger partial charge in [-0.15, -0.1) is 5.92 Å². The van der Waals surface area contributed by atoms with Gasteiger partial charge in [0, 0.05) is 12.8 Å². The van der Waals surface area contributed by atoms with Crippen LogP contribution in [0.4, 0.5) is 0 Å². The van der Waals surface area contributed by atoms with E-state index in [9.17, 15) is 4.79 Å². The molecule has 0 saturated heterocycles. The third kappa shape index (κ3) is 11.3. The summed E-state index contributed by atoms with van der Waals surface area (Å²) in [6.07, 6.45) is 2.84. The Morgan fingerprint density at radius 2 is 1.50 bits per heavy atom. The summed E-state index contributed by atoms with van der Waals surface area (Å²) in [6.45, 7) is 2.36. The van der Waals surface area contributed by atoms with Gasteiger partial charge >= 0.3 is 5.97 Å². The van der Waals surface area contributed by atoms with Crippen molar-refractivity contribution in [3.8, 4) is 53.1 Å². The lowest BCUT2D eigenvalue weighted by atomic mass is 10.2. The third-order valence-electron chi connectivity index (χ3n) is 3.12. The van der Waals surface area contributed by atoms with Crippen LogP contribution in [0.15, 0.2) is 24.3 Å². The molecule has 0 aromatic heterocycles. The number of carbonyl (C=O) groups is 1. The van der Waals surface area contributed by atoms with Crippen LogP contribution in [0.2, 0.25) is 0 Å². The van der Waals surface area contributed by atoms with Crippen LogP contribution in [-0.4, -0.2) is 17.7 Å². The fourth-order valence-electron chi connectivity index (χ4n) is 1.81. The lowest BCUT2D eigenvalue weighted by Crippen LogP contribution is -1.95. The van der Waals surface area contributed by atoms with Crippen LogP contribution >= 0.6 is 0 Å². The van der Waals surface area contributed by atoms with Crippen LogP contribution < -0.4 is 4.74 Å². The number of aliphatic carboxylic acids is 1. The maximum atomic E-state index is 10.3. The second-order valence-corrected chi connectivity index (χ2v) is 5.25. The molecule has 3 heteroatoms. The number of aryl methyl sites for hydroxylation is 1. The summed E-state index contributed by atoms with van der Waals surface area (Å²) in [5, 5.41) is 8.48. The standard InChI is InChI=1S/C23H22O3/c1-21-17-14-15-18-22(21)26-20-16-12-10-8-6-4-2-3-5-7-9-11-13-19-23(24)25/h14-15,17-18H,4-5,10-11,13,19-20H2,1H3,(H,24,25). The molecule has 0 atom stereocenters. The Labute approximate surface area is 156 Å². The van der Waals surface area contributed by atoms with Crippen molar-refractivity contribution in [3.05, 3.63) is 29.8 Å². The maximum absolute atomic E-state index is 10.3. The lowest BCUT2D eigenvalue weighted by Gasteiger charge is -2.04. The first kappa shape index (κ1) is 20.8. The minimum Gasteiger partial charge on any atom is -0.481 e. The Bertz CT molecular complexity index is 821. The zero-order chi connectivity index (χ0) is 18.9. The molecule has 0 aliphatic carbocycles. The average molecular weight is 346 g/mol. The summed E-state index contributed by atoms with van der Waals surface area (Å²) >= 11 is 0. The van der Waals surface area contributed by atoms with E-state index in [1.165, 1.54) is 0 Å². The molecule has 0 aliphatic rings. The summed E-state index contributed by atoms with van der Waals surface area (Å²) in [7, 11) is 0. The SMILES string of the molecule is Cc1ccccc1OCC#CCC#CCC#CCC#CCCCC(=O)O. The zero-order valence-corrected chi connectivity index (χ0v) is 15.0. The van der Waals surface area contributed by atoms with Crippen molar-refractivity contribution >= 4 is 5.97 Å². The second-order valence-electron chi connectivity index (χ2n) is 5.25. The summed E-state index contributed by atoms with van der Waals surface area (Å²) < 4.78 is 5.57. The molecule has 0 aliphatic heterocycles. The fourth-order valence-corrected chi connectivity index (χ4v) is 1.81. The van der Waals surface area contributed by atoms with Crippen LogP contribution in [0.1, 0.15) is 44.1 Å². The number of carboxylic acid groups (broad SMARTS) is 1. The molecule has 0 bridgehead atoms. The van der Waals surface area contributed by atoms with Crippen LogP contribution in [-0.2, 0) is 4.79 Å². The van der Waals surface area contributed by atoms with Crippen LogP contribution in [0.25, 0.3) is 0 Å². The molecule has 0 fully saturated rings. The van der Waals surface area contributed by atoms with E-state index in [1.807, 2.05) is 31.2 Å². The van der Waals surface area contributed by atoms with Gasteiger partial charge in [0.1, 0.15) is 12.4 Å². The van der Waals surface area contributed by atoms with Crippen LogP contribution in [0.3, 0.4) is 0 Å². The summed E-state index contributed by atoms with van der Waals surface area (Å²) in [4.78, 5) is 10.3. The van der Waals surface area contributed by atoms with Crippen molar-refractivity contribution < 1.29 is 14.6 Å². The molecule has 0 heterocycles. The number of carboxylic acids is 1. The van der Waals surface area contributed by atoms with E-state index in [4.69, 9.17) is 9.84 Å². The number of hydrogen-bond acceptors (Lipinski definition) is 2. The third-order valence-corrected chi connectivity index (χ3v) is 3.12. The molecule has 1 rings (SSSR count). The van der Waals surface area contributed by atoms with Gasteiger partial charge in [-0.3, -0.25) is 4.79 Å². The first-order chi connectivity index (χ1) is 12.7. The molecule has 1 N–H and O–H groups in total. The normalized spacial score (nSPS) is 8.35. The number of benzene rings is 1. The highest BCUT2D eigenvalue weighted by molar-refractivity contribution is 5.66. The Morgan fingerprint density at radius 3 is 2.12 bits per heavy atom. The topological polar surface area (TPSA) is 46.5 Å². The van der Waals surface area contributed by atoms with E-state index < -0.39 is 5.97 Å². The van der Waals surface area contributed by atoms with Crippen molar-refractivity contribution in [2.24, 2.45) is 0 Å².